The molecule has 0 saturated carbocycles. The van der Waals surface area contributed by atoms with Crippen LogP contribution >= 0.6 is 22.6 Å². The van der Waals surface area contributed by atoms with E-state index < -0.39 is 11.9 Å². The number of hydrogen-bond donors (Lipinski definition) is 2. The maximum absolute atomic E-state index is 12.5. The Labute approximate surface area is 154 Å². The first kappa shape index (κ1) is 18.3. The van der Waals surface area contributed by atoms with Crippen LogP contribution in [0.15, 0.2) is 48.5 Å². The molecule has 2 aromatic rings. The molecular weight excluding hydrogens is 421 g/mol. The van der Waals surface area contributed by atoms with Crippen LogP contribution in [0.3, 0.4) is 0 Å². The minimum absolute atomic E-state index is 0.221. The van der Waals surface area contributed by atoms with Crippen LogP contribution in [0.5, 0.6) is 5.75 Å². The molecule has 0 aliphatic rings. The fourth-order valence-corrected chi connectivity index (χ4v) is 2.83. The van der Waals surface area contributed by atoms with E-state index in [4.69, 9.17) is 9.84 Å². The summed E-state index contributed by atoms with van der Waals surface area (Å²) in [6.45, 7) is 0. The van der Waals surface area contributed by atoms with Gasteiger partial charge in [0.25, 0.3) is 0 Å². The summed E-state index contributed by atoms with van der Waals surface area (Å²) in [4.78, 5) is 23.6. The molecule has 0 aliphatic heterocycles. The van der Waals surface area contributed by atoms with Gasteiger partial charge < -0.3 is 15.2 Å². The number of carbonyl (C=O) groups is 2. The van der Waals surface area contributed by atoms with E-state index in [9.17, 15) is 9.59 Å². The maximum atomic E-state index is 12.5. The number of para-hydroxylation sites is 1. The van der Waals surface area contributed by atoms with Gasteiger partial charge in [-0.1, -0.05) is 24.3 Å². The van der Waals surface area contributed by atoms with E-state index in [0.29, 0.717) is 12.1 Å². The highest BCUT2D eigenvalue weighted by molar-refractivity contribution is 14.1. The van der Waals surface area contributed by atoms with E-state index in [2.05, 4.69) is 27.9 Å². The van der Waals surface area contributed by atoms with E-state index in [1.54, 1.807) is 25.3 Å². The molecule has 0 saturated heterocycles. The number of rotatable bonds is 7. The predicted molar refractivity (Wildman–Crippen MR) is 100 cm³/mol. The van der Waals surface area contributed by atoms with E-state index in [1.807, 2.05) is 30.3 Å². The summed E-state index contributed by atoms with van der Waals surface area (Å²) < 4.78 is 6.01. The highest BCUT2D eigenvalue weighted by Gasteiger charge is 2.23. The molecular formula is C18H18INO4. The Kier molecular flexibility index (Phi) is 6.60. The Morgan fingerprint density at radius 2 is 1.83 bits per heavy atom. The maximum Gasteiger partial charge on any atom is 0.304 e. The average Bonchev–Trinajstić information content (AvgIpc) is 2.56. The molecule has 5 nitrogen and oxygen atoms in total. The number of carboxylic acid groups (broad SMARTS) is 1. The predicted octanol–water partition coefficient (Wildman–Crippen LogP) is 3.57. The highest BCUT2D eigenvalue weighted by atomic mass is 127. The van der Waals surface area contributed by atoms with Crippen LogP contribution in [0.25, 0.3) is 0 Å². The van der Waals surface area contributed by atoms with Crippen molar-refractivity contribution < 1.29 is 19.4 Å². The second-order valence-corrected chi connectivity index (χ2v) is 6.48. The monoisotopic (exact) mass is 439 g/mol. The van der Waals surface area contributed by atoms with Crippen LogP contribution in [0, 0.1) is 9.49 Å². The molecule has 0 spiro atoms. The van der Waals surface area contributed by atoms with Crippen molar-refractivity contribution in [2.45, 2.75) is 12.8 Å². The van der Waals surface area contributed by atoms with Gasteiger partial charge in [-0.2, -0.15) is 0 Å². The zero-order valence-electron chi connectivity index (χ0n) is 13.2. The van der Waals surface area contributed by atoms with Crippen molar-refractivity contribution in [3.8, 4) is 5.75 Å². The van der Waals surface area contributed by atoms with Gasteiger partial charge in [-0.25, -0.2) is 0 Å². The molecule has 0 aliphatic carbocycles. The van der Waals surface area contributed by atoms with E-state index in [0.717, 1.165) is 14.9 Å². The first-order valence-corrected chi connectivity index (χ1v) is 8.47. The SMILES string of the molecule is COc1ccc(CC(CC(=O)O)C(=O)Nc2ccccc2I)cc1. The lowest BCUT2D eigenvalue weighted by molar-refractivity contribution is -0.140. The third-order valence-corrected chi connectivity index (χ3v) is 4.51. The molecule has 2 rings (SSSR count). The zero-order chi connectivity index (χ0) is 17.5. The van der Waals surface area contributed by atoms with E-state index >= 15 is 0 Å². The second-order valence-electron chi connectivity index (χ2n) is 5.32. The van der Waals surface area contributed by atoms with Crippen LogP contribution in [-0.4, -0.2) is 24.1 Å². The molecule has 24 heavy (non-hydrogen) atoms. The molecule has 1 unspecified atom stereocenters. The van der Waals surface area contributed by atoms with E-state index in [-0.39, 0.29) is 12.3 Å². The fourth-order valence-electron chi connectivity index (χ4n) is 2.31. The Balaban J connectivity index is 2.12. The van der Waals surface area contributed by atoms with Crippen LogP contribution in [0.2, 0.25) is 0 Å². The van der Waals surface area contributed by atoms with Gasteiger partial charge in [0.2, 0.25) is 5.91 Å². The van der Waals surface area contributed by atoms with Gasteiger partial charge in [-0.15, -0.1) is 0 Å². The minimum atomic E-state index is -0.994. The lowest BCUT2D eigenvalue weighted by atomic mass is 9.95. The van der Waals surface area contributed by atoms with Gasteiger partial charge in [-0.3, -0.25) is 9.59 Å². The number of benzene rings is 2. The first-order chi connectivity index (χ1) is 11.5. The number of carboxylic acids is 1. The van der Waals surface area contributed by atoms with Gasteiger partial charge in [0.05, 0.1) is 25.1 Å². The number of carbonyl (C=O) groups excluding carboxylic acids is 1. The molecule has 0 heterocycles. The van der Waals surface area contributed by atoms with Crippen LogP contribution in [-0.2, 0) is 16.0 Å². The standard InChI is InChI=1S/C18H18INO4/c1-24-14-8-6-12(7-9-14)10-13(11-17(21)22)18(23)20-16-5-3-2-4-15(16)19/h2-9,13H,10-11H2,1H3,(H,20,23)(H,21,22). The Morgan fingerprint density at radius 1 is 1.17 bits per heavy atom. The lowest BCUT2D eigenvalue weighted by Gasteiger charge is -2.16. The molecule has 0 aromatic heterocycles. The van der Waals surface area contributed by atoms with Gasteiger partial charge in [0.1, 0.15) is 5.75 Å². The molecule has 2 aromatic carbocycles. The summed E-state index contributed by atoms with van der Waals surface area (Å²) in [5, 5.41) is 11.9. The highest BCUT2D eigenvalue weighted by Crippen LogP contribution is 2.21. The zero-order valence-corrected chi connectivity index (χ0v) is 15.3. The Hall–Kier alpha value is -2.09. The van der Waals surface area contributed by atoms with Gasteiger partial charge >= 0.3 is 5.97 Å². The number of amides is 1. The molecule has 126 valence electrons. The molecule has 1 amide bonds. The third-order valence-electron chi connectivity index (χ3n) is 3.56. The average molecular weight is 439 g/mol. The summed E-state index contributed by atoms with van der Waals surface area (Å²) >= 11 is 2.13. The smallest absolute Gasteiger partial charge is 0.304 e. The van der Waals surface area contributed by atoms with Gasteiger partial charge in [0.15, 0.2) is 0 Å². The minimum Gasteiger partial charge on any atom is -0.497 e. The molecule has 1 atom stereocenters. The summed E-state index contributed by atoms with van der Waals surface area (Å²) in [5.74, 6) is -1.22. The molecule has 0 bridgehead atoms. The Bertz CT molecular complexity index is 715. The number of halogens is 1. The second kappa shape index (κ2) is 8.68. The summed E-state index contributed by atoms with van der Waals surface area (Å²) in [6.07, 6.45) is 0.132. The molecule has 0 radical (unpaired) electrons. The third kappa shape index (κ3) is 5.23. The van der Waals surface area contributed by atoms with Crippen molar-refractivity contribution in [2.24, 2.45) is 5.92 Å². The summed E-state index contributed by atoms with van der Waals surface area (Å²) in [6, 6.07) is 14.7. The first-order valence-electron chi connectivity index (χ1n) is 7.39. The number of aliphatic carboxylic acids is 1. The van der Waals surface area contributed by atoms with Crippen molar-refractivity contribution in [3.63, 3.8) is 0 Å². The Morgan fingerprint density at radius 3 is 2.42 bits per heavy atom. The summed E-state index contributed by atoms with van der Waals surface area (Å²) in [5.41, 5.74) is 1.58. The quantitative estimate of drug-likeness (QED) is 0.647. The molecule has 6 heteroatoms. The van der Waals surface area contributed by atoms with E-state index in [1.165, 1.54) is 0 Å². The number of methoxy groups -OCH3 is 1. The fraction of sp³-hybridized carbons (Fsp3) is 0.222. The number of anilines is 1. The summed E-state index contributed by atoms with van der Waals surface area (Å²) in [7, 11) is 1.58. The van der Waals surface area contributed by atoms with Crippen LogP contribution < -0.4 is 10.1 Å². The van der Waals surface area contributed by atoms with Crippen molar-refractivity contribution in [2.75, 3.05) is 12.4 Å². The number of ether oxygens (including phenoxy) is 1. The number of nitrogens with one attached hydrogen (secondary N) is 1. The van der Waals surface area contributed by atoms with Crippen LogP contribution in [0.1, 0.15) is 12.0 Å². The van der Waals surface area contributed by atoms with Crippen molar-refractivity contribution >= 4 is 40.2 Å². The molecule has 0 fully saturated rings. The van der Waals surface area contributed by atoms with Gasteiger partial charge in [-0.05, 0) is 58.8 Å². The van der Waals surface area contributed by atoms with Crippen molar-refractivity contribution in [3.05, 3.63) is 57.7 Å². The normalized spacial score (nSPS) is 11.6. The largest absolute Gasteiger partial charge is 0.497 e. The van der Waals surface area contributed by atoms with Gasteiger partial charge in [0, 0.05) is 3.57 Å². The van der Waals surface area contributed by atoms with Crippen molar-refractivity contribution in [1.82, 2.24) is 0 Å². The van der Waals surface area contributed by atoms with Crippen molar-refractivity contribution in [1.29, 1.82) is 0 Å². The lowest BCUT2D eigenvalue weighted by Crippen LogP contribution is -2.27. The van der Waals surface area contributed by atoms with Crippen LogP contribution in [0.4, 0.5) is 5.69 Å². The number of hydrogen-bond acceptors (Lipinski definition) is 3. The topological polar surface area (TPSA) is 75.6 Å². The molecule has 2 N–H and O–H groups in total.